The van der Waals surface area contributed by atoms with E-state index in [0.29, 0.717) is 22.0 Å². The molecule has 2 aromatic carbocycles. The van der Waals surface area contributed by atoms with Gasteiger partial charge in [0.15, 0.2) is 0 Å². The van der Waals surface area contributed by atoms with E-state index in [1.807, 2.05) is 13.8 Å². The summed E-state index contributed by atoms with van der Waals surface area (Å²) in [6.45, 7) is 3.88. The summed E-state index contributed by atoms with van der Waals surface area (Å²) in [5.74, 6) is -0.828. The summed E-state index contributed by atoms with van der Waals surface area (Å²) in [5, 5.41) is 3.43. The van der Waals surface area contributed by atoms with Gasteiger partial charge in [0.25, 0.3) is 5.91 Å². The quantitative estimate of drug-likeness (QED) is 0.582. The molecule has 2 aliphatic carbocycles. The van der Waals surface area contributed by atoms with E-state index < -0.39 is 0 Å². The van der Waals surface area contributed by atoms with Gasteiger partial charge in [0.1, 0.15) is 0 Å². The highest BCUT2D eigenvalue weighted by Crippen LogP contribution is 2.55. The number of nitrogens with one attached hydrogen (secondary N) is 1. The third kappa shape index (κ3) is 2.72. The molecule has 2 bridgehead atoms. The molecular weight excluding hydrogens is 400 g/mol. The zero-order chi connectivity index (χ0) is 21.2. The van der Waals surface area contributed by atoms with Crippen molar-refractivity contribution in [2.24, 2.45) is 23.7 Å². The van der Waals surface area contributed by atoms with Crippen LogP contribution in [0, 0.1) is 30.6 Å². The molecule has 3 amide bonds. The molecule has 152 valence electrons. The second-order valence-electron chi connectivity index (χ2n) is 8.40. The van der Waals surface area contributed by atoms with Crippen molar-refractivity contribution >= 4 is 40.7 Å². The Morgan fingerprint density at radius 1 is 1.07 bits per heavy atom. The number of benzene rings is 2. The number of anilines is 2. The fourth-order valence-corrected chi connectivity index (χ4v) is 5.43. The van der Waals surface area contributed by atoms with Crippen molar-refractivity contribution < 1.29 is 14.4 Å². The van der Waals surface area contributed by atoms with Crippen LogP contribution in [0.15, 0.2) is 54.1 Å². The molecule has 1 aliphatic heterocycles. The minimum Gasteiger partial charge on any atom is -0.322 e. The Morgan fingerprint density at radius 3 is 2.60 bits per heavy atom. The van der Waals surface area contributed by atoms with E-state index in [0.717, 1.165) is 12.0 Å². The third-order valence-corrected chi connectivity index (χ3v) is 7.17. The van der Waals surface area contributed by atoms with E-state index in [4.69, 9.17) is 11.6 Å². The first-order chi connectivity index (χ1) is 14.4. The van der Waals surface area contributed by atoms with Gasteiger partial charge in [0.2, 0.25) is 11.8 Å². The summed E-state index contributed by atoms with van der Waals surface area (Å²) in [4.78, 5) is 40.3. The second-order valence-corrected chi connectivity index (χ2v) is 8.80. The van der Waals surface area contributed by atoms with Gasteiger partial charge in [-0.3, -0.25) is 14.4 Å². The van der Waals surface area contributed by atoms with E-state index in [1.54, 1.807) is 42.5 Å². The Labute approximate surface area is 179 Å². The molecule has 3 aliphatic rings. The van der Waals surface area contributed by atoms with Gasteiger partial charge in [0.05, 0.1) is 17.5 Å². The summed E-state index contributed by atoms with van der Waals surface area (Å²) in [6, 6.07) is 12.0. The van der Waals surface area contributed by atoms with Crippen molar-refractivity contribution in [2.75, 3.05) is 10.2 Å². The summed E-state index contributed by atoms with van der Waals surface area (Å²) >= 11 is 6.13. The van der Waals surface area contributed by atoms with E-state index >= 15 is 0 Å². The standard InChI is InChI=1S/C24H21ClN2O3/c1-12-9-15-11-17(12)21-20(15)23(29)27(24(21)30)16-6-3-5-14(10-16)22(28)26-19-8-4-7-18(25)13(19)2/h3-10,15,17,20-21H,11H2,1-2H3,(H,26,28)/t15-,17+,20+,21+/m0/s1. The zero-order valence-electron chi connectivity index (χ0n) is 16.7. The van der Waals surface area contributed by atoms with Gasteiger partial charge < -0.3 is 5.32 Å². The van der Waals surface area contributed by atoms with Gasteiger partial charge in [-0.15, -0.1) is 0 Å². The van der Waals surface area contributed by atoms with E-state index in [1.165, 1.54) is 10.5 Å². The Bertz CT molecular complexity index is 1140. The number of amides is 3. The maximum absolute atomic E-state index is 13.2. The largest absolute Gasteiger partial charge is 0.322 e. The first-order valence-corrected chi connectivity index (χ1v) is 10.5. The van der Waals surface area contributed by atoms with Gasteiger partial charge in [-0.25, -0.2) is 4.90 Å². The number of allylic oxidation sites excluding steroid dienone is 2. The molecule has 2 fully saturated rings. The van der Waals surface area contributed by atoms with Crippen molar-refractivity contribution in [1.29, 1.82) is 0 Å². The lowest BCUT2D eigenvalue weighted by Crippen LogP contribution is -2.33. The first kappa shape index (κ1) is 19.1. The van der Waals surface area contributed by atoms with Crippen LogP contribution in [0.5, 0.6) is 0 Å². The predicted octanol–water partition coefficient (Wildman–Crippen LogP) is 4.60. The molecule has 1 heterocycles. The molecule has 0 unspecified atom stereocenters. The molecular formula is C24H21ClN2O3. The molecule has 5 rings (SSSR count). The normalized spacial score (nSPS) is 26.8. The molecule has 0 aromatic heterocycles. The number of nitrogens with zero attached hydrogens (tertiary/aromatic N) is 1. The second kappa shape index (κ2) is 6.81. The van der Waals surface area contributed by atoms with E-state index in [2.05, 4.69) is 11.4 Å². The van der Waals surface area contributed by atoms with Gasteiger partial charge in [-0.1, -0.05) is 35.4 Å². The fourth-order valence-electron chi connectivity index (χ4n) is 5.25. The van der Waals surface area contributed by atoms with Gasteiger partial charge >= 0.3 is 0 Å². The lowest BCUT2D eigenvalue weighted by molar-refractivity contribution is -0.123. The molecule has 1 saturated heterocycles. The Kier molecular flexibility index (Phi) is 4.33. The number of imide groups is 1. The highest BCUT2D eigenvalue weighted by molar-refractivity contribution is 6.31. The van der Waals surface area contributed by atoms with Crippen LogP contribution >= 0.6 is 11.6 Å². The first-order valence-electron chi connectivity index (χ1n) is 10.1. The number of hydrogen-bond acceptors (Lipinski definition) is 3. The van der Waals surface area contributed by atoms with Crippen molar-refractivity contribution in [3.63, 3.8) is 0 Å². The van der Waals surface area contributed by atoms with Gasteiger partial charge in [0, 0.05) is 16.3 Å². The Hall–Kier alpha value is -2.92. The van der Waals surface area contributed by atoms with Crippen LogP contribution < -0.4 is 10.2 Å². The van der Waals surface area contributed by atoms with Crippen molar-refractivity contribution in [1.82, 2.24) is 0 Å². The highest BCUT2D eigenvalue weighted by atomic mass is 35.5. The average molecular weight is 421 g/mol. The number of halogens is 1. The maximum Gasteiger partial charge on any atom is 0.255 e. The topological polar surface area (TPSA) is 66.5 Å². The number of carbonyl (C=O) groups is 3. The summed E-state index contributed by atoms with van der Waals surface area (Å²) < 4.78 is 0. The lowest BCUT2D eigenvalue weighted by Gasteiger charge is -2.19. The maximum atomic E-state index is 13.2. The van der Waals surface area contributed by atoms with Crippen molar-refractivity contribution in [3.8, 4) is 0 Å². The van der Waals surface area contributed by atoms with Gasteiger partial charge in [-0.05, 0) is 68.0 Å². The SMILES string of the molecule is CC1=C[C@H]2C[C@H]1[C@H]1C(=O)N(c3cccc(C(=O)Nc4cccc(Cl)c4C)c3)C(=O)[C@@H]12. The van der Waals surface area contributed by atoms with Crippen LogP contribution in [0.3, 0.4) is 0 Å². The molecule has 4 atom stereocenters. The van der Waals surface area contributed by atoms with Crippen molar-refractivity contribution in [3.05, 3.63) is 70.3 Å². The van der Waals surface area contributed by atoms with Crippen LogP contribution in [0.2, 0.25) is 5.02 Å². The Morgan fingerprint density at radius 2 is 1.80 bits per heavy atom. The monoisotopic (exact) mass is 420 g/mol. The van der Waals surface area contributed by atoms with Crippen LogP contribution in [0.4, 0.5) is 11.4 Å². The van der Waals surface area contributed by atoms with E-state index in [-0.39, 0.29) is 41.4 Å². The average Bonchev–Trinajstić information content (AvgIpc) is 3.36. The zero-order valence-corrected chi connectivity index (χ0v) is 17.4. The number of rotatable bonds is 3. The number of carbonyl (C=O) groups excluding carboxylic acids is 3. The summed E-state index contributed by atoms with van der Waals surface area (Å²) in [5.41, 5.74) is 3.45. The molecule has 1 saturated carbocycles. The molecule has 0 radical (unpaired) electrons. The fraction of sp³-hybridized carbons (Fsp3) is 0.292. The third-order valence-electron chi connectivity index (χ3n) is 6.76. The van der Waals surface area contributed by atoms with Crippen LogP contribution in [0.1, 0.15) is 29.3 Å². The van der Waals surface area contributed by atoms with Gasteiger partial charge in [-0.2, -0.15) is 0 Å². The van der Waals surface area contributed by atoms with Crippen molar-refractivity contribution in [2.45, 2.75) is 20.3 Å². The molecule has 5 nitrogen and oxygen atoms in total. The van der Waals surface area contributed by atoms with E-state index in [9.17, 15) is 14.4 Å². The van der Waals surface area contributed by atoms with Crippen LogP contribution in [-0.2, 0) is 9.59 Å². The number of hydrogen-bond donors (Lipinski definition) is 1. The predicted molar refractivity (Wildman–Crippen MR) is 115 cm³/mol. The summed E-state index contributed by atoms with van der Waals surface area (Å²) in [6.07, 6.45) is 3.05. The summed E-state index contributed by atoms with van der Waals surface area (Å²) in [7, 11) is 0. The smallest absolute Gasteiger partial charge is 0.255 e. The molecule has 6 heteroatoms. The van der Waals surface area contributed by atoms with Crippen LogP contribution in [-0.4, -0.2) is 17.7 Å². The molecule has 30 heavy (non-hydrogen) atoms. The molecule has 0 spiro atoms. The lowest BCUT2D eigenvalue weighted by atomic mass is 9.82. The number of fused-ring (bicyclic) bond motifs is 5. The minimum atomic E-state index is -0.320. The molecule has 1 N–H and O–H groups in total. The molecule has 2 aromatic rings. The van der Waals surface area contributed by atoms with Crippen LogP contribution in [0.25, 0.3) is 0 Å². The minimum absolute atomic E-state index is 0.145. The highest BCUT2D eigenvalue weighted by Gasteiger charge is 2.60. The Balaban J connectivity index is 1.42.